The van der Waals surface area contributed by atoms with E-state index >= 15 is 0 Å². The summed E-state index contributed by atoms with van der Waals surface area (Å²) in [7, 11) is -2.47. The molecule has 0 radical (unpaired) electrons. The van der Waals surface area contributed by atoms with Gasteiger partial charge in [0.15, 0.2) is 0 Å². The van der Waals surface area contributed by atoms with Crippen LogP contribution in [0.4, 0.5) is 4.79 Å². The highest BCUT2D eigenvalue weighted by Crippen LogP contribution is 2.29. The van der Waals surface area contributed by atoms with Gasteiger partial charge in [0.1, 0.15) is 11.1 Å². The van der Waals surface area contributed by atoms with Crippen LogP contribution in [-0.4, -0.2) is 56.1 Å². The maximum absolute atomic E-state index is 12.8. The van der Waals surface area contributed by atoms with Gasteiger partial charge in [-0.2, -0.15) is 4.31 Å². The molecule has 1 N–H and O–H groups in total. The topological polar surface area (TPSA) is 102 Å². The molecule has 0 saturated carbocycles. The summed E-state index contributed by atoms with van der Waals surface area (Å²) in [5.41, 5.74) is -2.06. The Morgan fingerprint density at radius 1 is 1.14 bits per heavy atom. The van der Waals surface area contributed by atoms with Crippen LogP contribution in [0.5, 0.6) is 0 Å². The fourth-order valence-corrected chi connectivity index (χ4v) is 4.64. The number of carbonyl (C=O) groups is 2. The largest absolute Gasteiger partial charge is 0.467 e. The fourth-order valence-electron chi connectivity index (χ4n) is 2.94. The van der Waals surface area contributed by atoms with Crippen molar-refractivity contribution in [2.45, 2.75) is 49.6 Å². The number of piperidine rings is 1. The summed E-state index contributed by atoms with van der Waals surface area (Å²) in [6.07, 6.45) is -0.592. The number of esters is 1. The predicted molar refractivity (Wildman–Crippen MR) is 106 cm³/mol. The molecule has 0 spiro atoms. The van der Waals surface area contributed by atoms with Crippen LogP contribution in [0, 0.1) is 0 Å². The summed E-state index contributed by atoms with van der Waals surface area (Å²) >= 11 is 3.28. The van der Waals surface area contributed by atoms with Gasteiger partial charge in [-0.25, -0.2) is 18.0 Å². The Kier molecular flexibility index (Phi) is 6.78. The molecule has 1 aromatic rings. The van der Waals surface area contributed by atoms with Crippen LogP contribution >= 0.6 is 15.9 Å². The normalized spacial score (nSPS) is 17.6. The molecule has 1 amide bonds. The zero-order valence-corrected chi connectivity index (χ0v) is 18.7. The van der Waals surface area contributed by atoms with Crippen molar-refractivity contribution in [1.29, 1.82) is 0 Å². The number of sulfonamides is 1. The minimum atomic E-state index is -3.70. The molecular formula is C18H25BrN2O6S. The first-order valence-corrected chi connectivity index (χ1v) is 11.0. The van der Waals surface area contributed by atoms with Crippen LogP contribution in [0.3, 0.4) is 0 Å². The number of methoxy groups -OCH3 is 1. The zero-order chi connectivity index (χ0) is 21.2. The third-order valence-electron chi connectivity index (χ3n) is 4.34. The molecule has 1 aliphatic rings. The van der Waals surface area contributed by atoms with Crippen molar-refractivity contribution in [2.24, 2.45) is 0 Å². The molecule has 28 heavy (non-hydrogen) atoms. The maximum atomic E-state index is 12.8. The third kappa shape index (κ3) is 5.24. The first kappa shape index (κ1) is 22.6. The van der Waals surface area contributed by atoms with Gasteiger partial charge in [-0.15, -0.1) is 0 Å². The highest BCUT2D eigenvalue weighted by molar-refractivity contribution is 9.10. The van der Waals surface area contributed by atoms with Gasteiger partial charge in [0.25, 0.3) is 0 Å². The smallest absolute Gasteiger partial charge is 0.408 e. The first-order chi connectivity index (χ1) is 12.9. The van der Waals surface area contributed by atoms with Gasteiger partial charge >= 0.3 is 12.1 Å². The number of carbonyl (C=O) groups excluding carboxylic acids is 2. The summed E-state index contributed by atoms with van der Waals surface area (Å²) in [5, 5.41) is 2.60. The van der Waals surface area contributed by atoms with E-state index in [0.29, 0.717) is 0 Å². The molecular weight excluding hydrogens is 452 g/mol. The van der Waals surface area contributed by atoms with Crippen molar-refractivity contribution >= 4 is 38.0 Å². The molecule has 10 heteroatoms. The van der Waals surface area contributed by atoms with Gasteiger partial charge in [0.05, 0.1) is 12.0 Å². The van der Waals surface area contributed by atoms with Crippen LogP contribution < -0.4 is 5.32 Å². The number of halogens is 1. The van der Waals surface area contributed by atoms with E-state index < -0.39 is 33.2 Å². The fraction of sp³-hybridized carbons (Fsp3) is 0.556. The Labute approximate surface area is 173 Å². The molecule has 0 aromatic heterocycles. The van der Waals surface area contributed by atoms with E-state index in [1.807, 2.05) is 0 Å². The second-order valence-corrected chi connectivity index (χ2v) is 10.4. The van der Waals surface area contributed by atoms with Gasteiger partial charge in [-0.1, -0.05) is 15.9 Å². The molecule has 1 aromatic carbocycles. The lowest BCUT2D eigenvalue weighted by atomic mass is 9.88. The van der Waals surface area contributed by atoms with Gasteiger partial charge in [-0.05, 0) is 57.9 Å². The van der Waals surface area contributed by atoms with Gasteiger partial charge in [-0.3, -0.25) is 0 Å². The van der Waals surface area contributed by atoms with Crippen molar-refractivity contribution in [3.05, 3.63) is 28.7 Å². The minimum Gasteiger partial charge on any atom is -0.467 e. The van der Waals surface area contributed by atoms with Crippen molar-refractivity contribution in [3.8, 4) is 0 Å². The number of amides is 1. The van der Waals surface area contributed by atoms with E-state index in [2.05, 4.69) is 21.2 Å². The molecule has 1 fully saturated rings. The lowest BCUT2D eigenvalue weighted by Crippen LogP contribution is -2.61. The van der Waals surface area contributed by atoms with Crippen LogP contribution in [0.15, 0.2) is 33.6 Å². The Morgan fingerprint density at radius 2 is 1.68 bits per heavy atom. The van der Waals surface area contributed by atoms with Crippen molar-refractivity contribution in [2.75, 3.05) is 20.2 Å². The van der Waals surface area contributed by atoms with Crippen LogP contribution in [0.2, 0.25) is 0 Å². The maximum Gasteiger partial charge on any atom is 0.408 e. The standard InChI is InChI=1S/C18H25BrN2O6S/c1-17(2,3)27-16(23)20-18(15(22)26-4)9-11-21(12-10-18)28(24,25)14-7-5-13(19)6-8-14/h5-8H,9-12H2,1-4H3,(H,20,23). The zero-order valence-electron chi connectivity index (χ0n) is 16.3. The molecule has 0 unspecified atom stereocenters. The van der Waals surface area contributed by atoms with Crippen molar-refractivity contribution in [1.82, 2.24) is 9.62 Å². The SMILES string of the molecule is COC(=O)C1(NC(=O)OC(C)(C)C)CCN(S(=O)(=O)c2ccc(Br)cc2)CC1. The second kappa shape index (κ2) is 8.38. The highest BCUT2D eigenvalue weighted by atomic mass is 79.9. The van der Waals surface area contributed by atoms with E-state index in [-0.39, 0.29) is 30.8 Å². The summed E-state index contributed by atoms with van der Waals surface area (Å²) in [6, 6.07) is 6.33. The Balaban J connectivity index is 2.17. The number of ether oxygens (including phenoxy) is 2. The number of rotatable bonds is 4. The lowest BCUT2D eigenvalue weighted by Gasteiger charge is -2.39. The highest BCUT2D eigenvalue weighted by Gasteiger charge is 2.46. The van der Waals surface area contributed by atoms with Crippen LogP contribution in [-0.2, 0) is 24.3 Å². The number of benzene rings is 1. The first-order valence-electron chi connectivity index (χ1n) is 8.75. The molecule has 1 heterocycles. The van der Waals surface area contributed by atoms with E-state index in [9.17, 15) is 18.0 Å². The minimum absolute atomic E-state index is 0.0588. The van der Waals surface area contributed by atoms with E-state index in [1.54, 1.807) is 32.9 Å². The summed E-state index contributed by atoms with van der Waals surface area (Å²) in [6.45, 7) is 5.26. The van der Waals surface area contributed by atoms with E-state index in [0.717, 1.165) is 4.47 Å². The molecule has 0 aliphatic carbocycles. The summed E-state index contributed by atoms with van der Waals surface area (Å²) in [5.74, 6) is -0.626. The number of nitrogens with one attached hydrogen (secondary N) is 1. The molecule has 0 atom stereocenters. The Hall–Kier alpha value is -1.65. The predicted octanol–water partition coefficient (Wildman–Crippen LogP) is 2.67. The van der Waals surface area contributed by atoms with Gasteiger partial charge < -0.3 is 14.8 Å². The van der Waals surface area contributed by atoms with Crippen molar-refractivity contribution < 1.29 is 27.5 Å². The lowest BCUT2D eigenvalue weighted by molar-refractivity contribution is -0.150. The van der Waals surface area contributed by atoms with Crippen LogP contribution in [0.1, 0.15) is 33.6 Å². The molecule has 2 rings (SSSR count). The summed E-state index contributed by atoms with van der Waals surface area (Å²) < 4.78 is 37.9. The number of hydrogen-bond donors (Lipinski definition) is 1. The second-order valence-electron chi connectivity index (χ2n) is 7.56. The average Bonchev–Trinajstić information content (AvgIpc) is 2.60. The number of hydrogen-bond acceptors (Lipinski definition) is 6. The quantitative estimate of drug-likeness (QED) is 0.670. The van der Waals surface area contributed by atoms with Gasteiger partial charge in [0, 0.05) is 17.6 Å². The number of nitrogens with zero attached hydrogens (tertiary/aromatic N) is 1. The molecule has 0 bridgehead atoms. The van der Waals surface area contributed by atoms with Gasteiger partial charge in [0.2, 0.25) is 10.0 Å². The number of alkyl carbamates (subject to hydrolysis) is 1. The molecule has 1 saturated heterocycles. The molecule has 156 valence electrons. The van der Waals surface area contributed by atoms with E-state index in [4.69, 9.17) is 9.47 Å². The Morgan fingerprint density at radius 3 is 2.14 bits per heavy atom. The van der Waals surface area contributed by atoms with Crippen molar-refractivity contribution in [3.63, 3.8) is 0 Å². The average molecular weight is 477 g/mol. The van der Waals surface area contributed by atoms with E-state index in [1.165, 1.54) is 23.5 Å². The third-order valence-corrected chi connectivity index (χ3v) is 6.79. The molecule has 8 nitrogen and oxygen atoms in total. The molecule has 1 aliphatic heterocycles. The summed E-state index contributed by atoms with van der Waals surface area (Å²) in [4.78, 5) is 24.8. The monoisotopic (exact) mass is 476 g/mol. The van der Waals surface area contributed by atoms with Crippen LogP contribution in [0.25, 0.3) is 0 Å². The Bertz CT molecular complexity index is 825.